The summed E-state index contributed by atoms with van der Waals surface area (Å²) in [5, 5.41) is 11.9. The molecule has 1 heterocycles. The third-order valence-corrected chi connectivity index (χ3v) is 3.31. The van der Waals surface area contributed by atoms with Crippen molar-refractivity contribution in [2.75, 3.05) is 7.11 Å². The minimum atomic E-state index is -0.631. The van der Waals surface area contributed by atoms with Crippen molar-refractivity contribution in [1.29, 1.82) is 5.26 Å². The van der Waals surface area contributed by atoms with Crippen molar-refractivity contribution >= 4 is 6.09 Å². The van der Waals surface area contributed by atoms with E-state index in [0.717, 1.165) is 11.3 Å². The van der Waals surface area contributed by atoms with Gasteiger partial charge in [0.1, 0.15) is 17.4 Å². The lowest BCUT2D eigenvalue weighted by Gasteiger charge is -2.23. The summed E-state index contributed by atoms with van der Waals surface area (Å²) in [6, 6.07) is 8.79. The SMILES string of the molecule is COc1ccc(C[C@H](NC(=O)OC(C)(C)C)c2ocnc2C#N)cc1. The van der Waals surface area contributed by atoms with Crippen LogP contribution in [0.15, 0.2) is 35.1 Å². The maximum Gasteiger partial charge on any atom is 0.408 e. The van der Waals surface area contributed by atoms with Crippen molar-refractivity contribution in [2.24, 2.45) is 0 Å². The molecule has 1 amide bonds. The van der Waals surface area contributed by atoms with Crippen LogP contribution in [-0.4, -0.2) is 23.8 Å². The first-order chi connectivity index (χ1) is 11.8. The van der Waals surface area contributed by atoms with E-state index in [0.29, 0.717) is 12.2 Å². The fourth-order valence-electron chi connectivity index (χ4n) is 2.24. The van der Waals surface area contributed by atoms with Crippen LogP contribution in [0.1, 0.15) is 43.8 Å². The Bertz CT molecular complexity index is 754. The molecule has 0 saturated carbocycles. The lowest BCUT2D eigenvalue weighted by molar-refractivity contribution is 0.0497. The lowest BCUT2D eigenvalue weighted by Crippen LogP contribution is -2.35. The van der Waals surface area contributed by atoms with E-state index in [-0.39, 0.29) is 5.69 Å². The van der Waals surface area contributed by atoms with Crippen LogP contribution in [0, 0.1) is 11.3 Å². The maximum absolute atomic E-state index is 12.2. The van der Waals surface area contributed by atoms with Crippen molar-refractivity contribution in [3.05, 3.63) is 47.7 Å². The smallest absolute Gasteiger partial charge is 0.408 e. The van der Waals surface area contributed by atoms with Gasteiger partial charge in [-0.2, -0.15) is 5.26 Å². The molecule has 0 unspecified atom stereocenters. The van der Waals surface area contributed by atoms with Crippen molar-refractivity contribution in [3.63, 3.8) is 0 Å². The van der Waals surface area contributed by atoms with Gasteiger partial charge >= 0.3 is 6.09 Å². The number of carbonyl (C=O) groups excluding carboxylic acids is 1. The topological polar surface area (TPSA) is 97.4 Å². The van der Waals surface area contributed by atoms with E-state index in [1.54, 1.807) is 27.9 Å². The third kappa shape index (κ3) is 5.24. The molecule has 0 aliphatic carbocycles. The number of amides is 1. The molecule has 0 radical (unpaired) electrons. The van der Waals surface area contributed by atoms with Crippen molar-refractivity contribution < 1.29 is 18.7 Å². The number of nitrogens with zero attached hydrogens (tertiary/aromatic N) is 2. The van der Waals surface area contributed by atoms with Crippen LogP contribution in [0.3, 0.4) is 0 Å². The van der Waals surface area contributed by atoms with Gasteiger partial charge in [0.2, 0.25) is 0 Å². The molecule has 1 N–H and O–H groups in total. The molecule has 2 rings (SSSR count). The first kappa shape index (κ1) is 18.3. The Balaban J connectivity index is 2.22. The highest BCUT2D eigenvalue weighted by Gasteiger charge is 2.25. The predicted octanol–water partition coefficient (Wildman–Crippen LogP) is 3.36. The van der Waals surface area contributed by atoms with E-state index in [4.69, 9.17) is 13.9 Å². The Labute approximate surface area is 146 Å². The number of aromatic nitrogens is 1. The van der Waals surface area contributed by atoms with E-state index in [1.165, 1.54) is 6.39 Å². The molecular formula is C18H21N3O4. The van der Waals surface area contributed by atoms with Gasteiger partial charge in [-0.25, -0.2) is 9.78 Å². The van der Waals surface area contributed by atoms with E-state index in [2.05, 4.69) is 10.3 Å². The van der Waals surface area contributed by atoms with Gasteiger partial charge in [0, 0.05) is 6.42 Å². The van der Waals surface area contributed by atoms with Gasteiger partial charge < -0.3 is 19.2 Å². The molecule has 0 fully saturated rings. The van der Waals surface area contributed by atoms with Gasteiger partial charge in [0.25, 0.3) is 0 Å². The normalized spacial score (nSPS) is 12.1. The number of hydrogen-bond donors (Lipinski definition) is 1. The molecule has 1 atom stereocenters. The number of oxazole rings is 1. The van der Waals surface area contributed by atoms with Gasteiger partial charge in [-0.3, -0.25) is 0 Å². The Hall–Kier alpha value is -3.01. The average molecular weight is 343 g/mol. The fourth-order valence-corrected chi connectivity index (χ4v) is 2.24. The highest BCUT2D eigenvalue weighted by Crippen LogP contribution is 2.23. The highest BCUT2D eigenvalue weighted by atomic mass is 16.6. The summed E-state index contributed by atoms with van der Waals surface area (Å²) in [5.74, 6) is 1.03. The van der Waals surface area contributed by atoms with Crippen molar-refractivity contribution in [1.82, 2.24) is 10.3 Å². The molecule has 7 heteroatoms. The van der Waals surface area contributed by atoms with Crippen LogP contribution in [0.25, 0.3) is 0 Å². The number of ether oxygens (including phenoxy) is 2. The van der Waals surface area contributed by atoms with E-state index >= 15 is 0 Å². The summed E-state index contributed by atoms with van der Waals surface area (Å²) in [6.45, 7) is 5.33. The monoisotopic (exact) mass is 343 g/mol. The number of nitriles is 1. The zero-order valence-electron chi connectivity index (χ0n) is 14.7. The molecule has 0 bridgehead atoms. The molecule has 7 nitrogen and oxygen atoms in total. The van der Waals surface area contributed by atoms with Crippen molar-refractivity contribution in [2.45, 2.75) is 38.8 Å². The Morgan fingerprint density at radius 3 is 2.60 bits per heavy atom. The second-order valence-electron chi connectivity index (χ2n) is 6.43. The number of hydrogen-bond acceptors (Lipinski definition) is 6. The Kier molecular flexibility index (Phi) is 5.65. The zero-order valence-corrected chi connectivity index (χ0v) is 14.7. The van der Waals surface area contributed by atoms with Crippen LogP contribution in [-0.2, 0) is 11.2 Å². The average Bonchev–Trinajstić information content (AvgIpc) is 3.01. The summed E-state index contributed by atoms with van der Waals surface area (Å²) in [7, 11) is 1.59. The maximum atomic E-state index is 12.2. The Morgan fingerprint density at radius 2 is 2.04 bits per heavy atom. The highest BCUT2D eigenvalue weighted by molar-refractivity contribution is 5.68. The number of alkyl carbamates (subject to hydrolysis) is 1. The summed E-state index contributed by atoms with van der Waals surface area (Å²) >= 11 is 0. The molecule has 132 valence electrons. The van der Waals surface area contributed by atoms with Crippen LogP contribution in [0.5, 0.6) is 5.75 Å². The van der Waals surface area contributed by atoms with E-state index in [9.17, 15) is 10.1 Å². The number of carbonyl (C=O) groups is 1. The predicted molar refractivity (Wildman–Crippen MR) is 90.0 cm³/mol. The molecule has 1 aromatic heterocycles. The second-order valence-corrected chi connectivity index (χ2v) is 6.43. The quantitative estimate of drug-likeness (QED) is 0.894. The molecular weight excluding hydrogens is 322 g/mol. The minimum Gasteiger partial charge on any atom is -0.497 e. The molecule has 0 aliphatic heterocycles. The molecule has 0 aliphatic rings. The zero-order chi connectivity index (χ0) is 18.4. The van der Waals surface area contributed by atoms with E-state index in [1.807, 2.05) is 30.3 Å². The largest absolute Gasteiger partial charge is 0.497 e. The van der Waals surface area contributed by atoms with Gasteiger partial charge in [-0.05, 0) is 38.5 Å². The summed E-state index contributed by atoms with van der Waals surface area (Å²) in [5.41, 5.74) is 0.436. The molecule has 0 spiro atoms. The first-order valence-electron chi connectivity index (χ1n) is 7.78. The van der Waals surface area contributed by atoms with Gasteiger partial charge in [-0.15, -0.1) is 0 Å². The van der Waals surface area contributed by atoms with Gasteiger partial charge in [-0.1, -0.05) is 12.1 Å². The Morgan fingerprint density at radius 1 is 1.36 bits per heavy atom. The van der Waals surface area contributed by atoms with Crippen LogP contribution < -0.4 is 10.1 Å². The summed E-state index contributed by atoms with van der Waals surface area (Å²) in [6.07, 6.45) is 1.00. The molecule has 2 aromatic rings. The van der Waals surface area contributed by atoms with Crippen molar-refractivity contribution in [3.8, 4) is 11.8 Å². The van der Waals surface area contributed by atoms with Gasteiger partial charge in [0.15, 0.2) is 17.8 Å². The minimum absolute atomic E-state index is 0.134. The second kappa shape index (κ2) is 7.71. The number of methoxy groups -OCH3 is 1. The molecule has 25 heavy (non-hydrogen) atoms. The van der Waals surface area contributed by atoms with Gasteiger partial charge in [0.05, 0.1) is 13.2 Å². The molecule has 0 saturated heterocycles. The van der Waals surface area contributed by atoms with Crippen LogP contribution >= 0.6 is 0 Å². The molecule has 1 aromatic carbocycles. The number of nitrogens with one attached hydrogen (secondary N) is 1. The first-order valence-corrected chi connectivity index (χ1v) is 7.78. The van der Waals surface area contributed by atoms with Crippen LogP contribution in [0.2, 0.25) is 0 Å². The lowest BCUT2D eigenvalue weighted by atomic mass is 10.0. The summed E-state index contributed by atoms with van der Waals surface area (Å²) < 4.78 is 15.8. The number of rotatable bonds is 5. The third-order valence-electron chi connectivity index (χ3n) is 3.31. The summed E-state index contributed by atoms with van der Waals surface area (Å²) in [4.78, 5) is 16.0. The number of benzene rings is 1. The van der Waals surface area contributed by atoms with Crippen LogP contribution in [0.4, 0.5) is 4.79 Å². The fraction of sp³-hybridized carbons (Fsp3) is 0.389. The standard InChI is InChI=1S/C18H21N3O4/c1-18(2,3)25-17(22)21-14(16-15(10-19)20-11-24-16)9-12-5-7-13(23-4)8-6-12/h5-8,11,14H,9H2,1-4H3,(H,21,22)/t14-/m0/s1. The van der Waals surface area contributed by atoms with E-state index < -0.39 is 17.7 Å².